The molecule has 0 unspecified atom stereocenters. The molecule has 3 N–H and O–H groups in total. The standard InChI is InChI=1S/C36H37N7O5/c1-47-35(45)41-27-15-11-24-12-16-31(43(24)34(27)44)33-38-26-14-10-23(19-29(26)40-33)21-7-5-20(6-8-21)22-9-13-25-28(18-22)39-32(37-25)30-4-3-17-42(30)36(46)48-2/h5-10,13-14,18-19,24,27,30-31H,3-4,11-12,15-17H2,1-2H3,(H,37,39)(H,38,40)(H,41,45)/t24-,27-,30-,31-/m0/s1. The number of amides is 3. The monoisotopic (exact) mass is 647 g/mol. The Bertz CT molecular complexity index is 2040. The van der Waals surface area contributed by atoms with Crippen LogP contribution in [0.2, 0.25) is 0 Å². The second-order valence-electron chi connectivity index (χ2n) is 12.9. The largest absolute Gasteiger partial charge is 0.453 e. The summed E-state index contributed by atoms with van der Waals surface area (Å²) in [5.41, 5.74) is 7.85. The number of likely N-dealkylation sites (tertiary alicyclic amines) is 1. The summed E-state index contributed by atoms with van der Waals surface area (Å²) < 4.78 is 9.70. The topological polar surface area (TPSA) is 146 Å². The first-order valence-corrected chi connectivity index (χ1v) is 16.5. The van der Waals surface area contributed by atoms with Crippen LogP contribution in [0.15, 0.2) is 60.7 Å². The molecule has 3 fully saturated rings. The lowest BCUT2D eigenvalue weighted by atomic mass is 9.98. The Kier molecular flexibility index (Phi) is 7.50. The van der Waals surface area contributed by atoms with E-state index in [1.54, 1.807) is 4.90 Å². The van der Waals surface area contributed by atoms with Crippen molar-refractivity contribution in [1.29, 1.82) is 0 Å². The minimum Gasteiger partial charge on any atom is -0.453 e. The number of methoxy groups -OCH3 is 2. The first-order chi connectivity index (χ1) is 23.4. The summed E-state index contributed by atoms with van der Waals surface area (Å²) in [5, 5.41) is 2.69. The molecule has 4 atom stereocenters. The summed E-state index contributed by atoms with van der Waals surface area (Å²) in [6, 6.07) is 20.1. The van der Waals surface area contributed by atoms with Gasteiger partial charge < -0.3 is 29.7 Å². The lowest BCUT2D eigenvalue weighted by Crippen LogP contribution is -2.54. The third-order valence-corrected chi connectivity index (χ3v) is 10.2. The van der Waals surface area contributed by atoms with Crippen LogP contribution in [0.25, 0.3) is 44.3 Å². The van der Waals surface area contributed by atoms with Gasteiger partial charge in [-0.15, -0.1) is 0 Å². The van der Waals surface area contributed by atoms with Crippen LogP contribution in [0.3, 0.4) is 0 Å². The number of piperidine rings is 1. The smallest absolute Gasteiger partial charge is 0.410 e. The number of nitrogens with one attached hydrogen (secondary N) is 3. The van der Waals surface area contributed by atoms with E-state index in [1.165, 1.54) is 14.2 Å². The molecule has 0 spiro atoms. The Morgan fingerprint density at radius 1 is 0.750 bits per heavy atom. The van der Waals surface area contributed by atoms with Crippen molar-refractivity contribution >= 4 is 40.2 Å². The van der Waals surface area contributed by atoms with Crippen LogP contribution in [-0.2, 0) is 14.3 Å². The number of ether oxygens (including phenoxy) is 2. The van der Waals surface area contributed by atoms with E-state index in [1.807, 2.05) is 17.0 Å². The highest BCUT2D eigenvalue weighted by atomic mass is 16.5. The molecule has 5 heterocycles. The van der Waals surface area contributed by atoms with Gasteiger partial charge >= 0.3 is 12.2 Å². The van der Waals surface area contributed by atoms with Crippen LogP contribution in [0, 0.1) is 0 Å². The molecule has 246 valence electrons. The molecule has 3 saturated heterocycles. The van der Waals surface area contributed by atoms with E-state index in [2.05, 4.69) is 63.8 Å². The van der Waals surface area contributed by atoms with E-state index in [-0.39, 0.29) is 30.1 Å². The summed E-state index contributed by atoms with van der Waals surface area (Å²) >= 11 is 0. The van der Waals surface area contributed by atoms with Crippen LogP contribution >= 0.6 is 0 Å². The first-order valence-electron chi connectivity index (χ1n) is 16.5. The molecule has 3 aliphatic rings. The van der Waals surface area contributed by atoms with E-state index in [0.29, 0.717) is 13.0 Å². The number of aromatic nitrogens is 4. The van der Waals surface area contributed by atoms with Gasteiger partial charge in [0.25, 0.3) is 0 Å². The number of hydrogen-bond acceptors (Lipinski definition) is 7. The van der Waals surface area contributed by atoms with Gasteiger partial charge in [0, 0.05) is 12.6 Å². The summed E-state index contributed by atoms with van der Waals surface area (Å²) in [5.74, 6) is 1.48. The van der Waals surface area contributed by atoms with E-state index < -0.39 is 12.1 Å². The molecule has 12 heteroatoms. The van der Waals surface area contributed by atoms with E-state index in [9.17, 15) is 14.4 Å². The fraction of sp³-hybridized carbons (Fsp3) is 0.361. The summed E-state index contributed by atoms with van der Waals surface area (Å²) in [4.78, 5) is 57.7. The maximum Gasteiger partial charge on any atom is 0.410 e. The molecule has 3 aliphatic heterocycles. The number of imidazole rings is 2. The van der Waals surface area contributed by atoms with Gasteiger partial charge in [0.05, 0.1) is 48.4 Å². The van der Waals surface area contributed by atoms with E-state index >= 15 is 0 Å². The SMILES string of the molecule is COC(=O)N[C@H]1CC[C@H]2CC[C@@H](c3nc4ccc(-c5ccc(-c6ccc7nc([C@@H]8CCCN8C(=O)OC)[nH]c7c6)cc5)cc4[nH]3)N2C1=O. The molecular weight excluding hydrogens is 610 g/mol. The number of carbonyl (C=O) groups excluding carboxylic acids is 3. The molecule has 5 aromatic rings. The van der Waals surface area contributed by atoms with Gasteiger partial charge in [-0.2, -0.15) is 0 Å². The summed E-state index contributed by atoms with van der Waals surface area (Å²) in [7, 11) is 2.71. The van der Waals surface area contributed by atoms with Gasteiger partial charge in [-0.3, -0.25) is 9.69 Å². The predicted octanol–water partition coefficient (Wildman–Crippen LogP) is 6.23. The third-order valence-electron chi connectivity index (χ3n) is 10.2. The van der Waals surface area contributed by atoms with Gasteiger partial charge in [-0.05, 0) is 85.0 Å². The maximum atomic E-state index is 13.4. The van der Waals surface area contributed by atoms with Crippen LogP contribution in [0.1, 0.15) is 62.3 Å². The number of fused-ring (bicyclic) bond motifs is 3. The Morgan fingerprint density at radius 3 is 1.94 bits per heavy atom. The van der Waals surface area contributed by atoms with Gasteiger partial charge in [-0.1, -0.05) is 36.4 Å². The number of nitrogens with zero attached hydrogens (tertiary/aromatic N) is 4. The Labute approximate surface area is 276 Å². The summed E-state index contributed by atoms with van der Waals surface area (Å²) in [6.45, 7) is 0.666. The highest BCUT2D eigenvalue weighted by Gasteiger charge is 2.45. The molecule has 48 heavy (non-hydrogen) atoms. The lowest BCUT2D eigenvalue weighted by Gasteiger charge is -2.37. The van der Waals surface area contributed by atoms with Crippen molar-refractivity contribution in [3.05, 3.63) is 72.3 Å². The van der Waals surface area contributed by atoms with E-state index in [0.717, 1.165) is 88.1 Å². The van der Waals surface area contributed by atoms with Crippen LogP contribution in [0.5, 0.6) is 0 Å². The van der Waals surface area contributed by atoms with Gasteiger partial charge in [0.15, 0.2) is 0 Å². The second kappa shape index (κ2) is 12.0. The number of hydrogen-bond donors (Lipinski definition) is 3. The number of carbonyl (C=O) groups is 3. The second-order valence-corrected chi connectivity index (χ2v) is 12.9. The molecule has 0 radical (unpaired) electrons. The van der Waals surface area contributed by atoms with Crippen LogP contribution in [-0.4, -0.2) is 80.7 Å². The number of benzene rings is 3. The first kappa shape index (κ1) is 30.0. The highest BCUT2D eigenvalue weighted by Crippen LogP contribution is 2.41. The summed E-state index contributed by atoms with van der Waals surface area (Å²) in [6.07, 6.45) is 4.05. The van der Waals surface area contributed by atoms with Crippen molar-refractivity contribution in [2.24, 2.45) is 0 Å². The molecular formula is C36H37N7O5. The minimum absolute atomic E-state index is 0.0773. The third kappa shape index (κ3) is 5.21. The predicted molar refractivity (Wildman–Crippen MR) is 179 cm³/mol. The Morgan fingerprint density at radius 2 is 1.33 bits per heavy atom. The van der Waals surface area contributed by atoms with Gasteiger partial charge in [-0.25, -0.2) is 19.6 Å². The quantitative estimate of drug-likeness (QED) is 0.205. The van der Waals surface area contributed by atoms with Crippen molar-refractivity contribution < 1.29 is 23.9 Å². The van der Waals surface area contributed by atoms with Gasteiger partial charge in [0.2, 0.25) is 5.91 Å². The minimum atomic E-state index is -0.589. The number of H-pyrrole nitrogens is 2. The lowest BCUT2D eigenvalue weighted by molar-refractivity contribution is -0.139. The van der Waals surface area contributed by atoms with Crippen molar-refractivity contribution in [2.45, 2.75) is 62.7 Å². The van der Waals surface area contributed by atoms with Crippen LogP contribution in [0.4, 0.5) is 9.59 Å². The molecule has 3 aromatic carbocycles. The highest BCUT2D eigenvalue weighted by molar-refractivity contribution is 5.88. The number of rotatable bonds is 5. The molecule has 0 bridgehead atoms. The maximum absolute atomic E-state index is 13.4. The number of aromatic amines is 2. The zero-order valence-corrected chi connectivity index (χ0v) is 26.9. The molecule has 8 rings (SSSR count). The molecule has 0 saturated carbocycles. The molecule has 2 aromatic heterocycles. The van der Waals surface area contributed by atoms with Crippen LogP contribution < -0.4 is 5.32 Å². The molecule has 0 aliphatic carbocycles. The normalized spacial score (nSPS) is 22.3. The Balaban J connectivity index is 1.00. The van der Waals surface area contributed by atoms with Crippen molar-refractivity contribution in [1.82, 2.24) is 35.1 Å². The van der Waals surface area contributed by atoms with Crippen molar-refractivity contribution in [3.63, 3.8) is 0 Å². The van der Waals surface area contributed by atoms with Crippen molar-refractivity contribution in [2.75, 3.05) is 20.8 Å². The zero-order chi connectivity index (χ0) is 32.9. The molecule has 3 amide bonds. The number of alkyl carbamates (subject to hydrolysis) is 1. The van der Waals surface area contributed by atoms with Gasteiger partial charge in [0.1, 0.15) is 17.7 Å². The average Bonchev–Trinajstić information content (AvgIpc) is 3.93. The Hall–Kier alpha value is -5.39. The zero-order valence-electron chi connectivity index (χ0n) is 26.9. The van der Waals surface area contributed by atoms with E-state index in [4.69, 9.17) is 19.4 Å². The average molecular weight is 648 g/mol. The fourth-order valence-corrected chi connectivity index (χ4v) is 7.74. The fourth-order valence-electron chi connectivity index (χ4n) is 7.74. The molecule has 12 nitrogen and oxygen atoms in total. The van der Waals surface area contributed by atoms with Crippen molar-refractivity contribution in [3.8, 4) is 22.3 Å².